The molecule has 0 aromatic heterocycles. The number of carbonyl (C=O) groups is 1. The van der Waals surface area contributed by atoms with Gasteiger partial charge < -0.3 is 9.84 Å². The molecular weight excluding hydrogens is 191 g/mol. The van der Waals surface area contributed by atoms with Gasteiger partial charge in [-0.25, -0.2) is 4.79 Å². The number of benzene rings is 1. The summed E-state index contributed by atoms with van der Waals surface area (Å²) in [6.07, 6.45) is -0.164. The molecule has 4 heteroatoms. The van der Waals surface area contributed by atoms with Gasteiger partial charge in [0.05, 0.1) is 11.7 Å². The molecule has 3 nitrogen and oxygen atoms in total. The van der Waals surface area contributed by atoms with Gasteiger partial charge in [0.1, 0.15) is 0 Å². The molecule has 0 saturated heterocycles. The Morgan fingerprint density at radius 1 is 1.43 bits per heavy atom. The molecular formula is C10H11NaO3. The van der Waals surface area contributed by atoms with Crippen LogP contribution < -0.4 is 34.7 Å². The van der Waals surface area contributed by atoms with Gasteiger partial charge in [-0.1, -0.05) is 18.2 Å². The Bertz CT molecular complexity index is 310. The van der Waals surface area contributed by atoms with Gasteiger partial charge >= 0.3 is 35.5 Å². The minimum Gasteiger partial charge on any atom is -0.872 e. The summed E-state index contributed by atoms with van der Waals surface area (Å²) in [5, 5.41) is 10.9. The maximum atomic E-state index is 11.2. The van der Waals surface area contributed by atoms with Gasteiger partial charge in [0, 0.05) is 0 Å². The summed E-state index contributed by atoms with van der Waals surface area (Å²) < 4.78 is 4.91. The van der Waals surface area contributed by atoms with E-state index in [9.17, 15) is 9.90 Å². The first-order valence-electron chi connectivity index (χ1n) is 4.07. The Balaban J connectivity index is 0.00000169. The fourth-order valence-electron chi connectivity index (χ4n) is 0.905. The van der Waals surface area contributed by atoms with Crippen LogP contribution in [0, 0.1) is 0 Å². The normalized spacial score (nSPS) is 9.36. The van der Waals surface area contributed by atoms with Crippen molar-refractivity contribution in [1.29, 1.82) is 0 Å². The van der Waals surface area contributed by atoms with Crippen molar-refractivity contribution < 1.29 is 44.2 Å². The fraction of sp³-hybridized carbons (Fsp3) is 0.300. The van der Waals surface area contributed by atoms with Gasteiger partial charge in [0.2, 0.25) is 0 Å². The summed E-state index contributed by atoms with van der Waals surface area (Å²) in [6.45, 7) is 3.53. The standard InChI is InChI=1S/C10H12O3.Na/c1-7(2)13-10(12)8-4-3-5-9(11)6-8;/h3-7,11H,1-2H3;/q;+1/p-1. The summed E-state index contributed by atoms with van der Waals surface area (Å²) in [5.74, 6) is -0.633. The minimum atomic E-state index is -0.451. The van der Waals surface area contributed by atoms with Crippen molar-refractivity contribution >= 4 is 5.97 Å². The molecule has 0 aliphatic carbocycles. The predicted molar refractivity (Wildman–Crippen MR) is 46.4 cm³/mol. The van der Waals surface area contributed by atoms with Crippen molar-refractivity contribution in [3.8, 4) is 5.75 Å². The number of hydrogen-bond donors (Lipinski definition) is 0. The molecule has 0 radical (unpaired) electrons. The third kappa shape index (κ3) is 4.13. The molecule has 70 valence electrons. The van der Waals surface area contributed by atoms with Crippen molar-refractivity contribution in [3.63, 3.8) is 0 Å². The van der Waals surface area contributed by atoms with E-state index in [1.165, 1.54) is 12.1 Å². The Morgan fingerprint density at radius 3 is 2.57 bits per heavy atom. The number of esters is 1. The van der Waals surface area contributed by atoms with Crippen molar-refractivity contribution in [2.75, 3.05) is 0 Å². The van der Waals surface area contributed by atoms with E-state index in [-0.39, 0.29) is 41.4 Å². The van der Waals surface area contributed by atoms with Crippen LogP contribution in [0.25, 0.3) is 0 Å². The van der Waals surface area contributed by atoms with Gasteiger partial charge in [-0.3, -0.25) is 0 Å². The van der Waals surface area contributed by atoms with Gasteiger partial charge in [-0.2, -0.15) is 0 Å². The number of carbonyl (C=O) groups excluding carboxylic acids is 1. The second-order valence-corrected chi connectivity index (χ2v) is 2.98. The van der Waals surface area contributed by atoms with Crippen LogP contribution in [0.2, 0.25) is 0 Å². The largest absolute Gasteiger partial charge is 1.00 e. The molecule has 0 saturated carbocycles. The Kier molecular flexibility index (Phi) is 5.84. The number of hydrogen-bond acceptors (Lipinski definition) is 3. The average molecular weight is 202 g/mol. The summed E-state index contributed by atoms with van der Waals surface area (Å²) in [7, 11) is 0. The molecule has 0 amide bonds. The molecule has 0 spiro atoms. The molecule has 1 aromatic carbocycles. The minimum absolute atomic E-state index is 0. The van der Waals surface area contributed by atoms with Crippen molar-refractivity contribution in [2.45, 2.75) is 20.0 Å². The molecule has 0 atom stereocenters. The van der Waals surface area contributed by atoms with Crippen molar-refractivity contribution in [2.24, 2.45) is 0 Å². The van der Waals surface area contributed by atoms with Crippen LogP contribution in [0.1, 0.15) is 24.2 Å². The van der Waals surface area contributed by atoms with Gasteiger partial charge in [-0.05, 0) is 19.9 Å². The monoisotopic (exact) mass is 202 g/mol. The molecule has 0 aliphatic heterocycles. The van der Waals surface area contributed by atoms with Crippen molar-refractivity contribution in [1.82, 2.24) is 0 Å². The molecule has 0 aliphatic rings. The smallest absolute Gasteiger partial charge is 0.872 e. The second kappa shape index (κ2) is 6.06. The van der Waals surface area contributed by atoms with Gasteiger partial charge in [0.15, 0.2) is 0 Å². The Hall–Kier alpha value is -0.510. The molecule has 1 rings (SSSR count). The van der Waals surface area contributed by atoms with Crippen LogP contribution in [0.5, 0.6) is 5.75 Å². The van der Waals surface area contributed by atoms with Crippen LogP contribution in [0.4, 0.5) is 0 Å². The quantitative estimate of drug-likeness (QED) is 0.425. The van der Waals surface area contributed by atoms with Gasteiger partial charge in [-0.15, -0.1) is 5.75 Å². The number of ether oxygens (including phenoxy) is 1. The topological polar surface area (TPSA) is 49.4 Å². The van der Waals surface area contributed by atoms with E-state index in [4.69, 9.17) is 4.74 Å². The fourth-order valence-corrected chi connectivity index (χ4v) is 0.905. The first-order chi connectivity index (χ1) is 6.09. The van der Waals surface area contributed by atoms with Crippen LogP contribution in [0.15, 0.2) is 24.3 Å². The number of rotatable bonds is 2. The van der Waals surface area contributed by atoms with E-state index in [1.807, 2.05) is 0 Å². The molecule has 0 N–H and O–H groups in total. The summed E-state index contributed by atoms with van der Waals surface area (Å²) in [5.41, 5.74) is 0.307. The molecule has 0 heterocycles. The Morgan fingerprint density at radius 2 is 2.07 bits per heavy atom. The maximum Gasteiger partial charge on any atom is 1.00 e. The van der Waals surface area contributed by atoms with E-state index in [1.54, 1.807) is 26.0 Å². The SMILES string of the molecule is CC(C)OC(=O)c1cccc([O-])c1.[Na+]. The van der Waals surface area contributed by atoms with Crippen molar-refractivity contribution in [3.05, 3.63) is 29.8 Å². The van der Waals surface area contributed by atoms with E-state index in [0.29, 0.717) is 5.56 Å². The summed E-state index contributed by atoms with van der Waals surface area (Å²) >= 11 is 0. The summed E-state index contributed by atoms with van der Waals surface area (Å²) in [4.78, 5) is 11.2. The van der Waals surface area contributed by atoms with Crippen LogP contribution >= 0.6 is 0 Å². The van der Waals surface area contributed by atoms with Crippen LogP contribution in [-0.2, 0) is 4.74 Å². The van der Waals surface area contributed by atoms with E-state index in [0.717, 1.165) is 0 Å². The zero-order valence-electron chi connectivity index (χ0n) is 8.61. The zero-order chi connectivity index (χ0) is 9.84. The van der Waals surface area contributed by atoms with E-state index in [2.05, 4.69) is 0 Å². The Labute approximate surface area is 105 Å². The molecule has 14 heavy (non-hydrogen) atoms. The average Bonchev–Trinajstić information content (AvgIpc) is 2.03. The van der Waals surface area contributed by atoms with E-state index >= 15 is 0 Å². The van der Waals surface area contributed by atoms with Crippen LogP contribution in [0.3, 0.4) is 0 Å². The molecule has 0 unspecified atom stereocenters. The third-order valence-electron chi connectivity index (χ3n) is 1.41. The van der Waals surface area contributed by atoms with Crippen LogP contribution in [-0.4, -0.2) is 12.1 Å². The molecule has 0 bridgehead atoms. The van der Waals surface area contributed by atoms with Gasteiger partial charge in [0.25, 0.3) is 0 Å². The molecule has 1 aromatic rings. The second-order valence-electron chi connectivity index (χ2n) is 2.98. The first kappa shape index (κ1) is 13.5. The maximum absolute atomic E-state index is 11.2. The third-order valence-corrected chi connectivity index (χ3v) is 1.41. The molecule has 0 fully saturated rings. The predicted octanol–water partition coefficient (Wildman–Crippen LogP) is -1.67. The summed E-state index contributed by atoms with van der Waals surface area (Å²) in [6, 6.07) is 5.77. The zero-order valence-corrected chi connectivity index (χ0v) is 10.6. The van der Waals surface area contributed by atoms with E-state index < -0.39 is 5.97 Å². The first-order valence-corrected chi connectivity index (χ1v) is 4.07.